The van der Waals surface area contributed by atoms with Gasteiger partial charge in [-0.1, -0.05) is 29.8 Å². The van der Waals surface area contributed by atoms with Gasteiger partial charge in [0, 0.05) is 17.1 Å². The first-order chi connectivity index (χ1) is 9.24. The van der Waals surface area contributed by atoms with Crippen molar-refractivity contribution in [3.63, 3.8) is 0 Å². The largest absolute Gasteiger partial charge is 0.457 e. The van der Waals surface area contributed by atoms with E-state index in [0.29, 0.717) is 17.3 Å². The minimum absolute atomic E-state index is 0.00385. The third-order valence-corrected chi connectivity index (χ3v) is 3.09. The van der Waals surface area contributed by atoms with Gasteiger partial charge < -0.3 is 15.2 Å². The summed E-state index contributed by atoms with van der Waals surface area (Å²) in [5.41, 5.74) is 1.73. The number of ether oxygens (including phenoxy) is 1. The van der Waals surface area contributed by atoms with Crippen molar-refractivity contribution in [1.29, 1.82) is 0 Å². The van der Waals surface area contributed by atoms with Crippen LogP contribution in [0.3, 0.4) is 0 Å². The van der Waals surface area contributed by atoms with E-state index in [1.165, 1.54) is 0 Å². The van der Waals surface area contributed by atoms with Crippen LogP contribution < -0.4 is 10.1 Å². The highest BCUT2D eigenvalue weighted by atomic mass is 35.5. The Morgan fingerprint density at radius 1 is 1.21 bits per heavy atom. The molecule has 0 spiro atoms. The van der Waals surface area contributed by atoms with Crippen molar-refractivity contribution >= 4 is 11.6 Å². The molecule has 0 saturated carbocycles. The molecule has 2 N–H and O–H groups in total. The smallest absolute Gasteiger partial charge is 0.133 e. The highest BCUT2D eigenvalue weighted by Gasteiger charge is 2.08. The molecule has 0 aliphatic rings. The standard InChI is InChI=1S/C15H16ClNO2/c1-17-9-13-14(16)6-3-7-15(13)19-12-5-2-4-11(8-12)10-18/h2-8,17-18H,9-10H2,1H3. The van der Waals surface area contributed by atoms with Crippen LogP contribution >= 0.6 is 11.6 Å². The Morgan fingerprint density at radius 2 is 2.00 bits per heavy atom. The summed E-state index contributed by atoms with van der Waals surface area (Å²) >= 11 is 6.17. The molecule has 3 nitrogen and oxygen atoms in total. The molecule has 100 valence electrons. The van der Waals surface area contributed by atoms with E-state index < -0.39 is 0 Å². The fourth-order valence-electron chi connectivity index (χ4n) is 1.82. The van der Waals surface area contributed by atoms with Crippen LogP contribution in [0.2, 0.25) is 5.02 Å². The van der Waals surface area contributed by atoms with Crippen LogP contribution in [0.15, 0.2) is 42.5 Å². The summed E-state index contributed by atoms with van der Waals surface area (Å²) in [6.45, 7) is 0.630. The van der Waals surface area contributed by atoms with Crippen LogP contribution in [-0.2, 0) is 13.2 Å². The van der Waals surface area contributed by atoms with Gasteiger partial charge in [-0.05, 0) is 36.9 Å². The topological polar surface area (TPSA) is 41.5 Å². The van der Waals surface area contributed by atoms with E-state index in [2.05, 4.69) is 5.32 Å². The van der Waals surface area contributed by atoms with Crippen molar-refractivity contribution < 1.29 is 9.84 Å². The molecule has 0 heterocycles. The number of aliphatic hydroxyl groups is 1. The number of hydrogen-bond acceptors (Lipinski definition) is 3. The van der Waals surface area contributed by atoms with E-state index in [1.54, 1.807) is 0 Å². The normalized spacial score (nSPS) is 10.5. The SMILES string of the molecule is CNCc1c(Cl)cccc1Oc1cccc(CO)c1. The molecule has 0 saturated heterocycles. The maximum atomic E-state index is 9.12. The van der Waals surface area contributed by atoms with E-state index in [1.807, 2.05) is 49.5 Å². The van der Waals surface area contributed by atoms with Gasteiger partial charge in [0.1, 0.15) is 11.5 Å². The van der Waals surface area contributed by atoms with E-state index in [9.17, 15) is 0 Å². The van der Waals surface area contributed by atoms with E-state index in [4.69, 9.17) is 21.4 Å². The van der Waals surface area contributed by atoms with Gasteiger partial charge in [0.05, 0.1) is 6.61 Å². The zero-order chi connectivity index (χ0) is 13.7. The number of benzene rings is 2. The predicted molar refractivity (Wildman–Crippen MR) is 76.7 cm³/mol. The van der Waals surface area contributed by atoms with Crippen molar-refractivity contribution in [2.24, 2.45) is 0 Å². The molecule has 0 fully saturated rings. The molecule has 4 heteroatoms. The minimum atomic E-state index is -0.00385. The van der Waals surface area contributed by atoms with Gasteiger partial charge in [-0.25, -0.2) is 0 Å². The maximum Gasteiger partial charge on any atom is 0.133 e. The fraction of sp³-hybridized carbons (Fsp3) is 0.200. The van der Waals surface area contributed by atoms with Crippen LogP contribution in [0.1, 0.15) is 11.1 Å². The second-order valence-electron chi connectivity index (χ2n) is 4.15. The van der Waals surface area contributed by atoms with Gasteiger partial charge in [-0.2, -0.15) is 0 Å². The van der Waals surface area contributed by atoms with Gasteiger partial charge in [0.25, 0.3) is 0 Å². The van der Waals surface area contributed by atoms with Crippen molar-refractivity contribution in [1.82, 2.24) is 5.32 Å². The Bertz CT molecular complexity index is 558. The summed E-state index contributed by atoms with van der Waals surface area (Å²) in [6, 6.07) is 12.9. The third-order valence-electron chi connectivity index (χ3n) is 2.74. The summed E-state index contributed by atoms with van der Waals surface area (Å²) < 4.78 is 5.85. The number of nitrogens with one attached hydrogen (secondary N) is 1. The van der Waals surface area contributed by atoms with Gasteiger partial charge in [-0.15, -0.1) is 0 Å². The molecule has 0 aromatic heterocycles. The monoisotopic (exact) mass is 277 g/mol. The zero-order valence-corrected chi connectivity index (χ0v) is 11.4. The highest BCUT2D eigenvalue weighted by Crippen LogP contribution is 2.30. The van der Waals surface area contributed by atoms with Gasteiger partial charge in [-0.3, -0.25) is 0 Å². The Hall–Kier alpha value is -1.55. The number of hydrogen-bond donors (Lipinski definition) is 2. The Labute approximate surface area is 117 Å². The second kappa shape index (κ2) is 6.57. The minimum Gasteiger partial charge on any atom is -0.457 e. The zero-order valence-electron chi connectivity index (χ0n) is 10.7. The Balaban J connectivity index is 2.29. The molecular weight excluding hydrogens is 262 g/mol. The van der Waals surface area contributed by atoms with Crippen LogP contribution in [0.25, 0.3) is 0 Å². The average Bonchev–Trinajstić information content (AvgIpc) is 2.43. The van der Waals surface area contributed by atoms with Crippen LogP contribution in [0.5, 0.6) is 11.5 Å². The van der Waals surface area contributed by atoms with Crippen molar-refractivity contribution in [3.05, 3.63) is 58.6 Å². The van der Waals surface area contributed by atoms with Crippen LogP contribution in [0, 0.1) is 0 Å². The lowest BCUT2D eigenvalue weighted by Gasteiger charge is -2.13. The van der Waals surface area contributed by atoms with E-state index in [0.717, 1.165) is 16.9 Å². The Morgan fingerprint density at radius 3 is 2.74 bits per heavy atom. The molecular formula is C15H16ClNO2. The lowest BCUT2D eigenvalue weighted by molar-refractivity contribution is 0.281. The number of aliphatic hydroxyl groups excluding tert-OH is 1. The number of rotatable bonds is 5. The molecule has 0 unspecified atom stereocenters. The van der Waals surface area contributed by atoms with Gasteiger partial charge in [0.2, 0.25) is 0 Å². The van der Waals surface area contributed by atoms with Gasteiger partial charge in [0.15, 0.2) is 0 Å². The molecule has 2 aromatic carbocycles. The molecule has 2 aromatic rings. The van der Waals surface area contributed by atoms with E-state index in [-0.39, 0.29) is 6.61 Å². The predicted octanol–water partition coefficient (Wildman–Crippen LogP) is 3.34. The maximum absolute atomic E-state index is 9.12. The summed E-state index contributed by atoms with van der Waals surface area (Å²) in [5.74, 6) is 1.41. The van der Waals surface area contributed by atoms with E-state index >= 15 is 0 Å². The van der Waals surface area contributed by atoms with Crippen molar-refractivity contribution in [2.75, 3.05) is 7.05 Å². The highest BCUT2D eigenvalue weighted by molar-refractivity contribution is 6.31. The average molecular weight is 278 g/mol. The molecule has 0 atom stereocenters. The fourth-order valence-corrected chi connectivity index (χ4v) is 2.05. The second-order valence-corrected chi connectivity index (χ2v) is 4.56. The first-order valence-corrected chi connectivity index (χ1v) is 6.42. The van der Waals surface area contributed by atoms with Crippen LogP contribution in [-0.4, -0.2) is 12.2 Å². The third kappa shape index (κ3) is 3.47. The summed E-state index contributed by atoms with van der Waals surface area (Å²) in [6.07, 6.45) is 0. The Kier molecular flexibility index (Phi) is 4.80. The summed E-state index contributed by atoms with van der Waals surface area (Å²) in [4.78, 5) is 0. The first kappa shape index (κ1) is 13.9. The van der Waals surface area contributed by atoms with Crippen molar-refractivity contribution in [3.8, 4) is 11.5 Å². The van der Waals surface area contributed by atoms with Crippen molar-refractivity contribution in [2.45, 2.75) is 13.2 Å². The molecule has 2 rings (SSSR count). The molecule has 0 radical (unpaired) electrons. The van der Waals surface area contributed by atoms with Gasteiger partial charge >= 0.3 is 0 Å². The first-order valence-electron chi connectivity index (χ1n) is 6.04. The lowest BCUT2D eigenvalue weighted by Crippen LogP contribution is -2.07. The molecule has 0 aliphatic heterocycles. The molecule has 0 bridgehead atoms. The lowest BCUT2D eigenvalue weighted by atomic mass is 10.2. The van der Waals surface area contributed by atoms with Crippen LogP contribution in [0.4, 0.5) is 0 Å². The quantitative estimate of drug-likeness (QED) is 0.881. The molecule has 0 aliphatic carbocycles. The molecule has 0 amide bonds. The summed E-state index contributed by atoms with van der Waals surface area (Å²) in [5, 5.41) is 12.9. The molecule has 19 heavy (non-hydrogen) atoms. The number of halogens is 1. The summed E-state index contributed by atoms with van der Waals surface area (Å²) in [7, 11) is 1.86.